The van der Waals surface area contributed by atoms with Gasteiger partial charge >= 0.3 is 11.9 Å². The number of nitrogens with one attached hydrogen (secondary N) is 1. The highest BCUT2D eigenvalue weighted by molar-refractivity contribution is 6.03. The van der Waals surface area contributed by atoms with Crippen molar-refractivity contribution in [2.24, 2.45) is 5.92 Å². The molecule has 1 N–H and O–H groups in total. The Hall–Kier alpha value is -2.15. The molecule has 1 fully saturated rings. The molecule has 1 aliphatic rings. The molecule has 0 aromatic carbocycles. The molecule has 1 aliphatic heterocycles. The summed E-state index contributed by atoms with van der Waals surface area (Å²) in [4.78, 5) is 41.7. The van der Waals surface area contributed by atoms with E-state index < -0.39 is 5.97 Å². The number of aryl methyl sites for hydroxylation is 1. The van der Waals surface area contributed by atoms with Gasteiger partial charge in [-0.15, -0.1) is 0 Å². The predicted octanol–water partition coefficient (Wildman–Crippen LogP) is 2.27. The van der Waals surface area contributed by atoms with E-state index in [1.807, 2.05) is 4.90 Å². The first-order valence-corrected chi connectivity index (χ1v) is 9.17. The van der Waals surface area contributed by atoms with Gasteiger partial charge in [0.2, 0.25) is 0 Å². The van der Waals surface area contributed by atoms with Crippen LogP contribution in [0.3, 0.4) is 0 Å². The zero-order valence-corrected chi connectivity index (χ0v) is 16.0. The number of likely N-dealkylation sites (tertiary alicyclic amines) is 1. The van der Waals surface area contributed by atoms with Gasteiger partial charge in [-0.25, -0.2) is 4.79 Å². The van der Waals surface area contributed by atoms with Crippen molar-refractivity contribution in [2.45, 2.75) is 40.5 Å². The van der Waals surface area contributed by atoms with E-state index in [0.29, 0.717) is 35.7 Å². The molecule has 1 saturated heterocycles. The third-order valence-electron chi connectivity index (χ3n) is 4.69. The van der Waals surface area contributed by atoms with Crippen LogP contribution in [-0.2, 0) is 14.3 Å². The molecule has 7 nitrogen and oxygen atoms in total. The van der Waals surface area contributed by atoms with E-state index in [1.54, 1.807) is 27.7 Å². The maximum atomic E-state index is 12.8. The maximum Gasteiger partial charge on any atom is 0.355 e. The zero-order valence-electron chi connectivity index (χ0n) is 16.0. The third kappa shape index (κ3) is 4.52. The van der Waals surface area contributed by atoms with Gasteiger partial charge in [0, 0.05) is 17.8 Å². The van der Waals surface area contributed by atoms with Crippen molar-refractivity contribution < 1.29 is 23.9 Å². The van der Waals surface area contributed by atoms with Crippen molar-refractivity contribution >= 4 is 17.7 Å². The lowest BCUT2D eigenvalue weighted by atomic mass is 9.97. The molecule has 0 amide bonds. The monoisotopic (exact) mass is 364 g/mol. The van der Waals surface area contributed by atoms with Gasteiger partial charge < -0.3 is 14.5 Å². The maximum absolute atomic E-state index is 12.8. The Labute approximate surface area is 154 Å². The van der Waals surface area contributed by atoms with E-state index in [-0.39, 0.29) is 30.8 Å². The van der Waals surface area contributed by atoms with Crippen LogP contribution in [0.5, 0.6) is 0 Å². The van der Waals surface area contributed by atoms with Gasteiger partial charge in [0.1, 0.15) is 5.69 Å². The number of ketones is 1. The number of hydrogen-bond donors (Lipinski definition) is 1. The second kappa shape index (κ2) is 8.98. The minimum Gasteiger partial charge on any atom is -0.466 e. The van der Waals surface area contributed by atoms with E-state index in [1.165, 1.54) is 0 Å². The molecule has 1 aromatic heterocycles. The number of H-pyrrole nitrogens is 1. The quantitative estimate of drug-likeness (QED) is 0.590. The summed E-state index contributed by atoms with van der Waals surface area (Å²) in [5.41, 5.74) is 2.14. The van der Waals surface area contributed by atoms with E-state index in [0.717, 1.165) is 19.4 Å². The average Bonchev–Trinajstić information content (AvgIpc) is 2.90. The van der Waals surface area contributed by atoms with Crippen molar-refractivity contribution in [3.63, 3.8) is 0 Å². The summed E-state index contributed by atoms with van der Waals surface area (Å²) in [6.45, 7) is 9.23. The summed E-state index contributed by atoms with van der Waals surface area (Å²) < 4.78 is 10.1. The molecule has 1 unspecified atom stereocenters. The number of ether oxygens (including phenoxy) is 2. The molecule has 144 valence electrons. The Kier molecular flexibility index (Phi) is 6.97. The summed E-state index contributed by atoms with van der Waals surface area (Å²) in [7, 11) is 0. The highest BCUT2D eigenvalue weighted by Gasteiger charge is 2.29. The van der Waals surface area contributed by atoms with E-state index in [4.69, 9.17) is 9.47 Å². The van der Waals surface area contributed by atoms with Crippen molar-refractivity contribution in [3.8, 4) is 0 Å². The standard InChI is InChI=1S/C19H28N2O5/c1-5-25-18(23)14-8-7-9-21(10-14)11-15(22)16-12(3)17(20-13(16)4)19(24)26-6-2/h14,20H,5-11H2,1-4H3. The fraction of sp³-hybridized carbons (Fsp3) is 0.632. The third-order valence-corrected chi connectivity index (χ3v) is 4.69. The Morgan fingerprint density at radius 3 is 2.50 bits per heavy atom. The van der Waals surface area contributed by atoms with Crippen LogP contribution >= 0.6 is 0 Å². The van der Waals surface area contributed by atoms with Gasteiger partial charge in [-0.2, -0.15) is 0 Å². The smallest absolute Gasteiger partial charge is 0.355 e. The molecule has 2 rings (SSSR count). The van der Waals surface area contributed by atoms with E-state index in [2.05, 4.69) is 4.98 Å². The van der Waals surface area contributed by atoms with Crippen molar-refractivity contribution in [1.29, 1.82) is 0 Å². The van der Waals surface area contributed by atoms with Gasteiger partial charge in [-0.1, -0.05) is 0 Å². The summed E-state index contributed by atoms with van der Waals surface area (Å²) in [6.07, 6.45) is 1.65. The Balaban J connectivity index is 2.08. The number of hydrogen-bond acceptors (Lipinski definition) is 6. The molecule has 1 atom stereocenters. The average molecular weight is 364 g/mol. The van der Waals surface area contributed by atoms with Gasteiger partial charge in [-0.05, 0) is 52.6 Å². The molecule has 0 saturated carbocycles. The van der Waals surface area contributed by atoms with Crippen LogP contribution in [0.2, 0.25) is 0 Å². The second-order valence-corrected chi connectivity index (χ2v) is 6.59. The van der Waals surface area contributed by atoms with Crippen molar-refractivity contribution in [3.05, 3.63) is 22.5 Å². The highest BCUT2D eigenvalue weighted by Crippen LogP contribution is 2.22. The summed E-state index contributed by atoms with van der Waals surface area (Å²) in [5, 5.41) is 0. The molecule has 0 spiro atoms. The Bertz CT molecular complexity index is 680. The lowest BCUT2D eigenvalue weighted by Gasteiger charge is -2.30. The van der Waals surface area contributed by atoms with Gasteiger partial charge in [-0.3, -0.25) is 14.5 Å². The van der Waals surface area contributed by atoms with Gasteiger partial charge in [0.25, 0.3) is 0 Å². The molecule has 2 heterocycles. The molecular formula is C19H28N2O5. The van der Waals surface area contributed by atoms with Crippen molar-refractivity contribution in [2.75, 3.05) is 32.8 Å². The number of piperidine rings is 1. The van der Waals surface area contributed by atoms with E-state index >= 15 is 0 Å². The van der Waals surface area contributed by atoms with Crippen LogP contribution in [0.25, 0.3) is 0 Å². The van der Waals surface area contributed by atoms with Crippen LogP contribution < -0.4 is 0 Å². The number of Topliss-reactive ketones (excluding diaryl/α,β-unsaturated/α-hetero) is 1. The van der Waals surface area contributed by atoms with Crippen LogP contribution in [-0.4, -0.2) is 60.5 Å². The fourth-order valence-electron chi connectivity index (χ4n) is 3.51. The predicted molar refractivity (Wildman–Crippen MR) is 96.4 cm³/mol. The van der Waals surface area contributed by atoms with Crippen LogP contribution in [0, 0.1) is 19.8 Å². The molecular weight excluding hydrogens is 336 g/mol. The van der Waals surface area contributed by atoms with Crippen LogP contribution in [0.15, 0.2) is 0 Å². The minimum absolute atomic E-state index is 0.0590. The number of nitrogens with zero attached hydrogens (tertiary/aromatic N) is 1. The Morgan fingerprint density at radius 2 is 1.85 bits per heavy atom. The number of carbonyl (C=O) groups is 3. The summed E-state index contributed by atoms with van der Waals surface area (Å²) in [6, 6.07) is 0. The topological polar surface area (TPSA) is 88.7 Å². The fourth-order valence-corrected chi connectivity index (χ4v) is 3.51. The lowest BCUT2D eigenvalue weighted by Crippen LogP contribution is -2.42. The summed E-state index contributed by atoms with van der Waals surface area (Å²) in [5.74, 6) is -0.882. The molecule has 26 heavy (non-hydrogen) atoms. The number of aromatic nitrogens is 1. The number of carbonyl (C=O) groups excluding carboxylic acids is 3. The lowest BCUT2D eigenvalue weighted by molar-refractivity contribution is -0.149. The SMILES string of the molecule is CCOC(=O)c1[nH]c(C)c(C(=O)CN2CCCC(C(=O)OCC)C2)c1C. The summed E-state index contributed by atoms with van der Waals surface area (Å²) >= 11 is 0. The first kappa shape index (κ1) is 20.2. The zero-order chi connectivity index (χ0) is 19.3. The van der Waals surface area contributed by atoms with Crippen molar-refractivity contribution in [1.82, 2.24) is 9.88 Å². The largest absolute Gasteiger partial charge is 0.466 e. The number of esters is 2. The molecule has 0 aliphatic carbocycles. The van der Waals surface area contributed by atoms with Crippen LogP contribution in [0.4, 0.5) is 0 Å². The van der Waals surface area contributed by atoms with Gasteiger partial charge in [0.15, 0.2) is 5.78 Å². The first-order valence-electron chi connectivity index (χ1n) is 9.17. The number of aromatic amines is 1. The normalized spacial score (nSPS) is 17.8. The molecule has 1 aromatic rings. The first-order chi connectivity index (χ1) is 12.4. The van der Waals surface area contributed by atoms with Crippen LogP contribution in [0.1, 0.15) is 58.8 Å². The molecule has 7 heteroatoms. The minimum atomic E-state index is -0.451. The molecule has 0 radical (unpaired) electrons. The van der Waals surface area contributed by atoms with Gasteiger partial charge in [0.05, 0.1) is 25.7 Å². The highest BCUT2D eigenvalue weighted by atomic mass is 16.5. The second-order valence-electron chi connectivity index (χ2n) is 6.59. The Morgan fingerprint density at radius 1 is 1.15 bits per heavy atom. The van der Waals surface area contributed by atoms with E-state index in [9.17, 15) is 14.4 Å². The number of rotatable bonds is 7. The molecule has 0 bridgehead atoms.